The number of benzene rings is 2. The van der Waals surface area contributed by atoms with E-state index in [4.69, 9.17) is 21.1 Å². The lowest BCUT2D eigenvalue weighted by Crippen LogP contribution is -2.26. The van der Waals surface area contributed by atoms with E-state index in [0.29, 0.717) is 41.0 Å². The molecule has 0 saturated carbocycles. The maximum atomic E-state index is 12.8. The third-order valence-electron chi connectivity index (χ3n) is 4.42. The van der Waals surface area contributed by atoms with Gasteiger partial charge in [-0.1, -0.05) is 44.5 Å². The maximum Gasteiger partial charge on any atom is 0.251 e. The van der Waals surface area contributed by atoms with Crippen molar-refractivity contribution in [1.29, 1.82) is 0 Å². The Labute approximate surface area is 182 Å². The molecule has 0 aromatic heterocycles. The lowest BCUT2D eigenvalue weighted by Gasteiger charge is -2.17. The summed E-state index contributed by atoms with van der Waals surface area (Å²) in [6, 6.07) is 10.3. The van der Waals surface area contributed by atoms with Crippen LogP contribution in [0.5, 0.6) is 11.5 Å². The Kier molecular flexibility index (Phi) is 8.54. The Morgan fingerprint density at radius 2 is 1.77 bits per heavy atom. The smallest absolute Gasteiger partial charge is 0.251 e. The van der Waals surface area contributed by atoms with E-state index in [0.717, 1.165) is 11.3 Å². The molecular weight excluding hydrogens is 404 g/mol. The molecule has 1 unspecified atom stereocenters. The lowest BCUT2D eigenvalue weighted by molar-refractivity contribution is -0.115. The van der Waals surface area contributed by atoms with Gasteiger partial charge in [-0.3, -0.25) is 9.59 Å². The number of hydrogen-bond donors (Lipinski definition) is 2. The van der Waals surface area contributed by atoms with Gasteiger partial charge in [0.15, 0.2) is 11.5 Å². The van der Waals surface area contributed by atoms with Gasteiger partial charge in [0.05, 0.1) is 24.8 Å². The predicted octanol–water partition coefficient (Wildman–Crippen LogP) is 5.22. The standard InChI is InChI=1S/C23H29ClN2O4/c1-6-21(27)26-18-9-7-16(8-10-18)15(4)25-23(28)17-11-19(24)22(20(12-17)29-5)30-13-14(2)3/h7-12,14-15H,6,13H2,1-5H3,(H,25,28)(H,26,27). The van der Waals surface area contributed by atoms with Crippen LogP contribution in [-0.4, -0.2) is 25.5 Å². The molecule has 0 heterocycles. The Bertz CT molecular complexity index is 882. The summed E-state index contributed by atoms with van der Waals surface area (Å²) >= 11 is 6.35. The number of hydrogen-bond acceptors (Lipinski definition) is 4. The molecule has 1 atom stereocenters. The fourth-order valence-corrected chi connectivity index (χ4v) is 2.97. The molecule has 2 N–H and O–H groups in total. The first kappa shape index (κ1) is 23.5. The van der Waals surface area contributed by atoms with Crippen molar-refractivity contribution in [3.05, 3.63) is 52.5 Å². The van der Waals surface area contributed by atoms with Crippen LogP contribution in [0, 0.1) is 5.92 Å². The molecule has 2 amide bonds. The third kappa shape index (κ3) is 6.39. The predicted molar refractivity (Wildman–Crippen MR) is 120 cm³/mol. The Balaban J connectivity index is 2.11. The number of halogens is 1. The van der Waals surface area contributed by atoms with Gasteiger partial charge in [0, 0.05) is 17.7 Å². The molecule has 2 aromatic rings. The molecule has 7 heteroatoms. The zero-order chi connectivity index (χ0) is 22.3. The summed E-state index contributed by atoms with van der Waals surface area (Å²) in [5, 5.41) is 6.07. The quantitative estimate of drug-likeness (QED) is 0.569. The number of nitrogens with one attached hydrogen (secondary N) is 2. The molecule has 162 valence electrons. The Morgan fingerprint density at radius 1 is 1.10 bits per heavy atom. The van der Waals surface area contributed by atoms with E-state index in [1.807, 2.05) is 45.0 Å². The van der Waals surface area contributed by atoms with Gasteiger partial charge >= 0.3 is 0 Å². The minimum atomic E-state index is -0.276. The molecular formula is C23H29ClN2O4. The molecule has 0 bridgehead atoms. The van der Waals surface area contributed by atoms with Crippen LogP contribution in [0.3, 0.4) is 0 Å². The molecule has 0 saturated heterocycles. The van der Waals surface area contributed by atoms with Gasteiger partial charge < -0.3 is 20.1 Å². The van der Waals surface area contributed by atoms with Crippen LogP contribution < -0.4 is 20.1 Å². The SMILES string of the molecule is CCC(=O)Nc1ccc(C(C)NC(=O)c2cc(Cl)c(OCC(C)C)c(OC)c2)cc1. The fourth-order valence-electron chi connectivity index (χ4n) is 2.71. The van der Waals surface area contributed by atoms with E-state index in [2.05, 4.69) is 10.6 Å². The number of carbonyl (C=O) groups excluding carboxylic acids is 2. The van der Waals surface area contributed by atoms with Gasteiger partial charge in [0.2, 0.25) is 5.91 Å². The molecule has 0 aliphatic carbocycles. The second-order valence-corrected chi connectivity index (χ2v) is 7.82. The normalized spacial score (nSPS) is 11.7. The third-order valence-corrected chi connectivity index (χ3v) is 4.70. The Morgan fingerprint density at radius 3 is 2.33 bits per heavy atom. The summed E-state index contributed by atoms with van der Waals surface area (Å²) in [7, 11) is 1.51. The summed E-state index contributed by atoms with van der Waals surface area (Å²) in [6.45, 7) is 8.25. The highest BCUT2D eigenvalue weighted by Crippen LogP contribution is 2.36. The molecule has 0 aliphatic rings. The van der Waals surface area contributed by atoms with E-state index < -0.39 is 0 Å². The van der Waals surface area contributed by atoms with Gasteiger partial charge in [-0.2, -0.15) is 0 Å². The topological polar surface area (TPSA) is 76.7 Å². The van der Waals surface area contributed by atoms with E-state index in [-0.39, 0.29) is 17.9 Å². The minimum absolute atomic E-state index is 0.0456. The van der Waals surface area contributed by atoms with Crippen LogP contribution in [0.15, 0.2) is 36.4 Å². The molecule has 2 aromatic carbocycles. The van der Waals surface area contributed by atoms with E-state index in [1.54, 1.807) is 19.1 Å². The highest BCUT2D eigenvalue weighted by molar-refractivity contribution is 6.32. The summed E-state index contributed by atoms with van der Waals surface area (Å²) in [6.07, 6.45) is 0.418. The van der Waals surface area contributed by atoms with Gasteiger partial charge in [0.1, 0.15) is 0 Å². The van der Waals surface area contributed by atoms with Crippen molar-refractivity contribution in [3.63, 3.8) is 0 Å². The number of anilines is 1. The van der Waals surface area contributed by atoms with Gasteiger partial charge in [-0.05, 0) is 42.7 Å². The second-order valence-electron chi connectivity index (χ2n) is 7.41. The van der Waals surface area contributed by atoms with Crippen LogP contribution in [0.4, 0.5) is 5.69 Å². The number of rotatable bonds is 9. The average molecular weight is 433 g/mol. The van der Waals surface area contributed by atoms with Crippen molar-refractivity contribution < 1.29 is 19.1 Å². The maximum absolute atomic E-state index is 12.8. The summed E-state index contributed by atoms with van der Waals surface area (Å²) in [5.74, 6) is 0.854. The summed E-state index contributed by atoms with van der Waals surface area (Å²) < 4.78 is 11.1. The van der Waals surface area contributed by atoms with Crippen molar-refractivity contribution in [3.8, 4) is 11.5 Å². The fraction of sp³-hybridized carbons (Fsp3) is 0.391. The highest BCUT2D eigenvalue weighted by atomic mass is 35.5. The van der Waals surface area contributed by atoms with Crippen molar-refractivity contribution in [2.24, 2.45) is 5.92 Å². The number of ether oxygens (including phenoxy) is 2. The van der Waals surface area contributed by atoms with Crippen LogP contribution in [-0.2, 0) is 4.79 Å². The van der Waals surface area contributed by atoms with E-state index in [9.17, 15) is 9.59 Å². The van der Waals surface area contributed by atoms with Gasteiger partial charge in [-0.25, -0.2) is 0 Å². The number of amides is 2. The first-order chi connectivity index (χ1) is 14.2. The summed E-state index contributed by atoms with van der Waals surface area (Å²) in [4.78, 5) is 24.2. The lowest BCUT2D eigenvalue weighted by atomic mass is 10.1. The zero-order valence-corrected chi connectivity index (χ0v) is 18.8. The number of carbonyl (C=O) groups is 2. The molecule has 0 fully saturated rings. The summed E-state index contributed by atoms with van der Waals surface area (Å²) in [5.41, 5.74) is 2.01. The van der Waals surface area contributed by atoms with Crippen LogP contribution in [0.25, 0.3) is 0 Å². The molecule has 30 heavy (non-hydrogen) atoms. The van der Waals surface area contributed by atoms with Crippen molar-refractivity contribution >= 4 is 29.1 Å². The number of methoxy groups -OCH3 is 1. The zero-order valence-electron chi connectivity index (χ0n) is 18.0. The van der Waals surface area contributed by atoms with Gasteiger partial charge in [0.25, 0.3) is 5.91 Å². The molecule has 0 spiro atoms. The molecule has 0 aliphatic heterocycles. The van der Waals surface area contributed by atoms with Crippen LogP contribution in [0.2, 0.25) is 5.02 Å². The Hall–Kier alpha value is -2.73. The van der Waals surface area contributed by atoms with Gasteiger partial charge in [-0.15, -0.1) is 0 Å². The molecule has 2 rings (SSSR count). The van der Waals surface area contributed by atoms with Crippen LogP contribution in [0.1, 0.15) is 56.1 Å². The van der Waals surface area contributed by atoms with Crippen molar-refractivity contribution in [2.45, 2.75) is 40.2 Å². The molecule has 0 radical (unpaired) electrons. The highest BCUT2D eigenvalue weighted by Gasteiger charge is 2.18. The molecule has 6 nitrogen and oxygen atoms in total. The van der Waals surface area contributed by atoms with Crippen molar-refractivity contribution in [2.75, 3.05) is 19.0 Å². The minimum Gasteiger partial charge on any atom is -0.493 e. The second kappa shape index (κ2) is 10.9. The monoisotopic (exact) mass is 432 g/mol. The average Bonchev–Trinajstić information content (AvgIpc) is 2.72. The van der Waals surface area contributed by atoms with Crippen molar-refractivity contribution in [1.82, 2.24) is 5.32 Å². The first-order valence-electron chi connectivity index (χ1n) is 9.96. The largest absolute Gasteiger partial charge is 0.493 e. The van der Waals surface area contributed by atoms with E-state index >= 15 is 0 Å². The van der Waals surface area contributed by atoms with E-state index in [1.165, 1.54) is 7.11 Å². The van der Waals surface area contributed by atoms with Crippen LogP contribution >= 0.6 is 11.6 Å². The first-order valence-corrected chi connectivity index (χ1v) is 10.3.